The second-order valence-corrected chi connectivity index (χ2v) is 4.90. The summed E-state index contributed by atoms with van der Waals surface area (Å²) < 4.78 is 37.8. The Bertz CT molecular complexity index is 468. The molecule has 0 aliphatic carbocycles. The average Bonchev–Trinajstić information content (AvgIpc) is 2.26. The normalized spacial score (nSPS) is 11.4. The van der Waals surface area contributed by atoms with Crippen molar-refractivity contribution in [3.63, 3.8) is 0 Å². The Morgan fingerprint density at radius 2 is 2.05 bits per heavy atom. The van der Waals surface area contributed by atoms with Crippen LogP contribution in [0, 0.1) is 13.7 Å². The average molecular weight is 390 g/mol. The molecule has 0 saturated heterocycles. The van der Waals surface area contributed by atoms with Gasteiger partial charge in [-0.1, -0.05) is 0 Å². The van der Waals surface area contributed by atoms with Crippen molar-refractivity contribution in [3.05, 3.63) is 31.9 Å². The van der Waals surface area contributed by atoms with E-state index in [2.05, 4.69) is 0 Å². The van der Waals surface area contributed by atoms with E-state index in [9.17, 15) is 23.3 Å². The van der Waals surface area contributed by atoms with Crippen LogP contribution in [0.3, 0.4) is 0 Å². The molecule has 9 heteroatoms. The van der Waals surface area contributed by atoms with E-state index >= 15 is 0 Å². The van der Waals surface area contributed by atoms with Gasteiger partial charge in [-0.2, -0.15) is 13.2 Å². The molecule has 0 amide bonds. The number of alkyl halides is 3. The van der Waals surface area contributed by atoms with Crippen LogP contribution in [0.1, 0.15) is 0 Å². The lowest BCUT2D eigenvalue weighted by Gasteiger charge is -2.24. The quantitative estimate of drug-likeness (QED) is 0.477. The molecule has 106 valence electrons. The van der Waals surface area contributed by atoms with Crippen LogP contribution in [0.2, 0.25) is 0 Å². The minimum absolute atomic E-state index is 0.156. The number of anilines is 1. The highest BCUT2D eigenvalue weighted by Crippen LogP contribution is 2.31. The van der Waals surface area contributed by atoms with Crippen LogP contribution in [-0.4, -0.2) is 35.9 Å². The van der Waals surface area contributed by atoms with E-state index in [4.69, 9.17) is 5.11 Å². The van der Waals surface area contributed by atoms with E-state index in [0.717, 1.165) is 4.90 Å². The maximum atomic E-state index is 12.4. The summed E-state index contributed by atoms with van der Waals surface area (Å²) in [4.78, 5) is 10.9. The maximum Gasteiger partial charge on any atom is 0.405 e. The van der Waals surface area contributed by atoms with Crippen LogP contribution in [0.15, 0.2) is 18.2 Å². The van der Waals surface area contributed by atoms with Gasteiger partial charge >= 0.3 is 6.18 Å². The van der Waals surface area contributed by atoms with Crippen molar-refractivity contribution in [1.82, 2.24) is 0 Å². The number of nitro groups is 1. The number of nitro benzene ring substituents is 1. The summed E-state index contributed by atoms with van der Waals surface area (Å²) >= 11 is 1.83. The summed E-state index contributed by atoms with van der Waals surface area (Å²) in [6, 6.07) is 3.92. The SMILES string of the molecule is O=[N+]([O-])c1cc(I)ccc1N(CCO)CC(F)(F)F. The Morgan fingerprint density at radius 3 is 2.53 bits per heavy atom. The lowest BCUT2D eigenvalue weighted by atomic mass is 10.2. The van der Waals surface area contributed by atoms with Gasteiger partial charge in [0.2, 0.25) is 0 Å². The highest BCUT2D eigenvalue weighted by Gasteiger charge is 2.33. The molecule has 0 aliphatic rings. The molecule has 0 aromatic heterocycles. The highest BCUT2D eigenvalue weighted by atomic mass is 127. The zero-order valence-corrected chi connectivity index (χ0v) is 11.7. The maximum absolute atomic E-state index is 12.4. The van der Waals surface area contributed by atoms with Crippen LogP contribution in [-0.2, 0) is 0 Å². The first-order valence-corrected chi connectivity index (χ1v) is 6.19. The molecule has 0 atom stereocenters. The van der Waals surface area contributed by atoms with Crippen molar-refractivity contribution < 1.29 is 23.2 Å². The summed E-state index contributed by atoms with van der Waals surface area (Å²) in [7, 11) is 0. The molecule has 0 heterocycles. The van der Waals surface area contributed by atoms with E-state index in [1.54, 1.807) is 0 Å². The van der Waals surface area contributed by atoms with Gasteiger partial charge < -0.3 is 10.0 Å². The number of aliphatic hydroxyl groups excluding tert-OH is 1. The minimum Gasteiger partial charge on any atom is -0.395 e. The van der Waals surface area contributed by atoms with E-state index in [-0.39, 0.29) is 12.2 Å². The first-order valence-electron chi connectivity index (χ1n) is 5.11. The smallest absolute Gasteiger partial charge is 0.395 e. The summed E-state index contributed by atoms with van der Waals surface area (Å²) in [5, 5.41) is 19.7. The van der Waals surface area contributed by atoms with E-state index in [1.165, 1.54) is 18.2 Å². The number of halogens is 4. The van der Waals surface area contributed by atoms with E-state index in [0.29, 0.717) is 3.57 Å². The Morgan fingerprint density at radius 1 is 1.42 bits per heavy atom. The lowest BCUT2D eigenvalue weighted by Crippen LogP contribution is -2.36. The van der Waals surface area contributed by atoms with Gasteiger partial charge in [-0.15, -0.1) is 0 Å². The Balaban J connectivity index is 3.18. The second-order valence-electron chi connectivity index (χ2n) is 3.65. The first-order chi connectivity index (χ1) is 8.74. The Hall–Kier alpha value is -1.10. The van der Waals surface area contributed by atoms with Gasteiger partial charge in [0.25, 0.3) is 5.69 Å². The van der Waals surface area contributed by atoms with Gasteiger partial charge in [-0.25, -0.2) is 0 Å². The van der Waals surface area contributed by atoms with Crippen molar-refractivity contribution >= 4 is 34.0 Å². The molecule has 1 aromatic carbocycles. The summed E-state index contributed by atoms with van der Waals surface area (Å²) in [6.07, 6.45) is -4.51. The Labute approximate surface area is 120 Å². The first kappa shape index (κ1) is 16.0. The van der Waals surface area contributed by atoms with Crippen LogP contribution < -0.4 is 4.90 Å². The fraction of sp³-hybridized carbons (Fsp3) is 0.400. The zero-order chi connectivity index (χ0) is 14.6. The molecule has 5 nitrogen and oxygen atoms in total. The molecule has 0 aliphatic heterocycles. The third kappa shape index (κ3) is 4.82. The van der Waals surface area contributed by atoms with Crippen molar-refractivity contribution in [2.75, 3.05) is 24.6 Å². The zero-order valence-electron chi connectivity index (χ0n) is 9.52. The molecular formula is C10H10F3IN2O3. The molecule has 0 spiro atoms. The molecule has 19 heavy (non-hydrogen) atoms. The van der Waals surface area contributed by atoms with Crippen molar-refractivity contribution in [3.8, 4) is 0 Å². The standard InChI is InChI=1S/C10H10F3IN2O3/c11-10(12,13)6-15(3-4-17)8-2-1-7(14)5-9(8)16(18)19/h1-2,5,17H,3-4,6H2. The number of aliphatic hydroxyl groups is 1. The lowest BCUT2D eigenvalue weighted by molar-refractivity contribution is -0.384. The summed E-state index contributed by atoms with van der Waals surface area (Å²) in [5.41, 5.74) is -0.568. The highest BCUT2D eigenvalue weighted by molar-refractivity contribution is 14.1. The third-order valence-corrected chi connectivity index (χ3v) is 2.89. The minimum atomic E-state index is -4.51. The monoisotopic (exact) mass is 390 g/mol. The molecule has 0 saturated carbocycles. The number of rotatable bonds is 5. The molecule has 0 bridgehead atoms. The molecule has 1 aromatic rings. The third-order valence-electron chi connectivity index (χ3n) is 2.21. The van der Waals surface area contributed by atoms with Crippen LogP contribution >= 0.6 is 22.6 Å². The number of hydrogen-bond donors (Lipinski definition) is 1. The van der Waals surface area contributed by atoms with Gasteiger partial charge in [-0.3, -0.25) is 10.1 Å². The van der Waals surface area contributed by atoms with E-state index < -0.39 is 29.9 Å². The number of hydrogen-bond acceptors (Lipinski definition) is 4. The fourth-order valence-corrected chi connectivity index (χ4v) is 2.01. The molecule has 0 unspecified atom stereocenters. The summed E-state index contributed by atoms with van der Waals surface area (Å²) in [5.74, 6) is 0. The summed E-state index contributed by atoms with van der Waals surface area (Å²) in [6.45, 7) is -2.21. The van der Waals surface area contributed by atoms with Gasteiger partial charge in [0, 0.05) is 16.2 Å². The Kier molecular flexibility index (Phi) is 5.35. The largest absolute Gasteiger partial charge is 0.405 e. The predicted molar refractivity (Wildman–Crippen MR) is 71.2 cm³/mol. The van der Waals surface area contributed by atoms with Gasteiger partial charge in [-0.05, 0) is 34.7 Å². The second kappa shape index (κ2) is 6.37. The molecular weight excluding hydrogens is 380 g/mol. The van der Waals surface area contributed by atoms with E-state index in [1.807, 2.05) is 22.6 Å². The molecule has 0 fully saturated rings. The molecule has 1 rings (SSSR count). The van der Waals surface area contributed by atoms with Crippen molar-refractivity contribution in [1.29, 1.82) is 0 Å². The van der Waals surface area contributed by atoms with Gasteiger partial charge in [0.05, 0.1) is 11.5 Å². The fourth-order valence-electron chi connectivity index (χ4n) is 1.53. The van der Waals surface area contributed by atoms with Crippen LogP contribution in [0.5, 0.6) is 0 Å². The predicted octanol–water partition coefficient (Wildman–Crippen LogP) is 2.56. The van der Waals surface area contributed by atoms with Crippen LogP contribution in [0.4, 0.5) is 24.5 Å². The van der Waals surface area contributed by atoms with Gasteiger partial charge in [0.1, 0.15) is 12.2 Å². The van der Waals surface area contributed by atoms with Gasteiger partial charge in [0.15, 0.2) is 0 Å². The molecule has 0 radical (unpaired) electrons. The van der Waals surface area contributed by atoms with Crippen molar-refractivity contribution in [2.24, 2.45) is 0 Å². The van der Waals surface area contributed by atoms with Crippen LogP contribution in [0.25, 0.3) is 0 Å². The molecule has 1 N–H and O–H groups in total. The number of nitrogens with zero attached hydrogens (tertiary/aromatic N) is 2. The van der Waals surface area contributed by atoms with Crippen molar-refractivity contribution in [2.45, 2.75) is 6.18 Å². The number of benzene rings is 1. The topological polar surface area (TPSA) is 66.6 Å².